The third kappa shape index (κ3) is 3.70. The summed E-state index contributed by atoms with van der Waals surface area (Å²) >= 11 is 0. The molecule has 154 valence electrons. The van der Waals surface area contributed by atoms with Gasteiger partial charge in [-0.3, -0.25) is 19.6 Å². The minimum Gasteiger partial charge on any atom is -0.379 e. The van der Waals surface area contributed by atoms with Crippen LogP contribution in [-0.4, -0.2) is 93.2 Å². The highest BCUT2D eigenvalue weighted by Gasteiger charge is 2.48. The molecule has 1 aromatic rings. The number of carbonyl (C=O) groups excluding carboxylic acids is 2. The molecule has 28 heavy (non-hydrogen) atoms. The van der Waals surface area contributed by atoms with E-state index in [2.05, 4.69) is 15.2 Å². The van der Waals surface area contributed by atoms with Gasteiger partial charge < -0.3 is 14.5 Å². The number of hydrogen-bond donors (Lipinski definition) is 1. The maximum atomic E-state index is 12.7. The summed E-state index contributed by atoms with van der Waals surface area (Å²) in [6, 6.07) is -0.452. The predicted octanol–water partition coefficient (Wildman–Crippen LogP) is -0.142. The SMILES string of the molecule is O=C(CN1CCOCC1)N1CC[C@H]2[C@@H]1CC(=O)N2Cc1nc(C(F)(F)F)n[nH]1. The summed E-state index contributed by atoms with van der Waals surface area (Å²) in [4.78, 5) is 33.8. The molecule has 12 heteroatoms. The number of ether oxygens (including phenoxy) is 1. The zero-order valence-electron chi connectivity index (χ0n) is 15.1. The zero-order valence-corrected chi connectivity index (χ0v) is 15.1. The van der Waals surface area contributed by atoms with E-state index in [1.165, 1.54) is 4.90 Å². The predicted molar refractivity (Wildman–Crippen MR) is 87.7 cm³/mol. The molecular formula is C16H21F3N6O3. The van der Waals surface area contributed by atoms with Gasteiger partial charge in [-0.25, -0.2) is 4.98 Å². The van der Waals surface area contributed by atoms with Gasteiger partial charge in [0.1, 0.15) is 5.82 Å². The lowest BCUT2D eigenvalue weighted by molar-refractivity contribution is -0.144. The molecule has 0 unspecified atom stereocenters. The lowest BCUT2D eigenvalue weighted by Crippen LogP contribution is -2.47. The molecule has 1 aromatic heterocycles. The number of nitrogens with zero attached hydrogens (tertiary/aromatic N) is 5. The number of halogens is 3. The van der Waals surface area contributed by atoms with Crippen molar-refractivity contribution in [2.45, 2.75) is 37.6 Å². The van der Waals surface area contributed by atoms with Gasteiger partial charge in [-0.2, -0.15) is 13.2 Å². The van der Waals surface area contributed by atoms with Crippen molar-refractivity contribution < 1.29 is 27.5 Å². The largest absolute Gasteiger partial charge is 0.453 e. The van der Waals surface area contributed by atoms with E-state index in [0.29, 0.717) is 39.3 Å². The standard InChI is InChI=1S/C16H21F3N6O3/c17-16(18,19)15-20-12(21-22-15)8-25-10-1-2-24(11(10)7-13(25)26)14(27)9-23-3-5-28-6-4-23/h10-11H,1-9H2,(H,20,21,22)/t10-,11-/m0/s1. The highest BCUT2D eigenvalue weighted by atomic mass is 19.4. The number of fused-ring (bicyclic) bond motifs is 1. The highest BCUT2D eigenvalue weighted by Crippen LogP contribution is 2.34. The van der Waals surface area contributed by atoms with E-state index in [1.807, 2.05) is 4.90 Å². The molecule has 0 aromatic carbocycles. The summed E-state index contributed by atoms with van der Waals surface area (Å²) in [5.74, 6) is -1.48. The van der Waals surface area contributed by atoms with Gasteiger partial charge in [0.2, 0.25) is 11.8 Å². The van der Waals surface area contributed by atoms with Crippen molar-refractivity contribution in [2.75, 3.05) is 39.4 Å². The monoisotopic (exact) mass is 402 g/mol. The Morgan fingerprint density at radius 1 is 1.21 bits per heavy atom. The summed E-state index contributed by atoms with van der Waals surface area (Å²) in [5.41, 5.74) is 0. The van der Waals surface area contributed by atoms with Crippen LogP contribution < -0.4 is 0 Å². The number of alkyl halides is 3. The van der Waals surface area contributed by atoms with Crippen molar-refractivity contribution in [3.63, 3.8) is 0 Å². The van der Waals surface area contributed by atoms with Crippen molar-refractivity contribution in [1.82, 2.24) is 29.9 Å². The Hall–Kier alpha value is -2.21. The van der Waals surface area contributed by atoms with Crippen LogP contribution in [0.25, 0.3) is 0 Å². The molecule has 4 rings (SSSR count). The molecule has 4 heterocycles. The van der Waals surface area contributed by atoms with Crippen molar-refractivity contribution in [1.29, 1.82) is 0 Å². The lowest BCUT2D eigenvalue weighted by atomic mass is 10.1. The van der Waals surface area contributed by atoms with Gasteiger partial charge >= 0.3 is 6.18 Å². The summed E-state index contributed by atoms with van der Waals surface area (Å²) in [5, 5.41) is 5.42. The van der Waals surface area contributed by atoms with Crippen LogP contribution in [0, 0.1) is 0 Å². The topological polar surface area (TPSA) is 94.7 Å². The Bertz CT molecular complexity index is 748. The van der Waals surface area contributed by atoms with E-state index >= 15 is 0 Å². The van der Waals surface area contributed by atoms with Crippen molar-refractivity contribution in [3.05, 3.63) is 11.6 Å². The number of morpholine rings is 1. The second-order valence-electron chi connectivity index (χ2n) is 7.23. The number of aromatic amines is 1. The van der Waals surface area contributed by atoms with E-state index in [1.54, 1.807) is 4.90 Å². The molecular weight excluding hydrogens is 381 g/mol. The van der Waals surface area contributed by atoms with Crippen LogP contribution in [0.4, 0.5) is 13.2 Å². The molecule has 3 aliphatic heterocycles. The molecule has 0 saturated carbocycles. The van der Waals surface area contributed by atoms with Crippen LogP contribution in [0.5, 0.6) is 0 Å². The number of carbonyl (C=O) groups is 2. The fraction of sp³-hybridized carbons (Fsp3) is 0.750. The van der Waals surface area contributed by atoms with Crippen molar-refractivity contribution >= 4 is 11.8 Å². The molecule has 0 radical (unpaired) electrons. The van der Waals surface area contributed by atoms with Crippen molar-refractivity contribution in [3.8, 4) is 0 Å². The van der Waals surface area contributed by atoms with Gasteiger partial charge in [0, 0.05) is 26.1 Å². The van der Waals surface area contributed by atoms with Gasteiger partial charge in [-0.05, 0) is 6.42 Å². The molecule has 9 nitrogen and oxygen atoms in total. The Morgan fingerprint density at radius 2 is 1.96 bits per heavy atom. The molecule has 0 bridgehead atoms. The van der Waals surface area contributed by atoms with E-state index < -0.39 is 12.0 Å². The van der Waals surface area contributed by atoms with Crippen LogP contribution in [0.2, 0.25) is 0 Å². The van der Waals surface area contributed by atoms with Crippen LogP contribution in [0.1, 0.15) is 24.5 Å². The fourth-order valence-electron chi connectivity index (χ4n) is 4.14. The van der Waals surface area contributed by atoms with Crippen LogP contribution in [0.15, 0.2) is 0 Å². The summed E-state index contributed by atoms with van der Waals surface area (Å²) in [6.07, 6.45) is -3.85. The number of H-pyrrole nitrogens is 1. The third-order valence-corrected chi connectivity index (χ3v) is 5.50. The molecule has 0 spiro atoms. The molecule has 3 saturated heterocycles. The van der Waals surface area contributed by atoms with E-state index in [4.69, 9.17) is 4.74 Å². The molecule has 2 atom stereocenters. The van der Waals surface area contributed by atoms with Gasteiger partial charge in [0.25, 0.3) is 5.82 Å². The van der Waals surface area contributed by atoms with Crippen LogP contribution >= 0.6 is 0 Å². The average Bonchev–Trinajstić information content (AvgIpc) is 3.33. The first-order valence-electron chi connectivity index (χ1n) is 9.20. The molecule has 2 amide bonds. The van der Waals surface area contributed by atoms with Gasteiger partial charge in [-0.15, -0.1) is 5.10 Å². The normalized spacial score (nSPS) is 26.2. The number of rotatable bonds is 4. The van der Waals surface area contributed by atoms with Gasteiger partial charge in [0.05, 0.1) is 38.4 Å². The van der Waals surface area contributed by atoms with Crippen LogP contribution in [-0.2, 0) is 27.0 Å². The van der Waals surface area contributed by atoms with Crippen molar-refractivity contribution in [2.24, 2.45) is 0 Å². The van der Waals surface area contributed by atoms with E-state index in [9.17, 15) is 22.8 Å². The zero-order chi connectivity index (χ0) is 19.9. The number of hydrogen-bond acceptors (Lipinski definition) is 6. The molecule has 3 fully saturated rings. The second kappa shape index (κ2) is 7.32. The number of nitrogens with one attached hydrogen (secondary N) is 1. The maximum absolute atomic E-state index is 12.7. The quantitative estimate of drug-likeness (QED) is 0.753. The fourth-order valence-corrected chi connectivity index (χ4v) is 4.14. The minimum atomic E-state index is -4.64. The average molecular weight is 402 g/mol. The van der Waals surface area contributed by atoms with Gasteiger partial charge in [-0.1, -0.05) is 0 Å². The minimum absolute atomic E-state index is 0.0144. The van der Waals surface area contributed by atoms with Gasteiger partial charge in [0.15, 0.2) is 0 Å². The lowest BCUT2D eigenvalue weighted by Gasteiger charge is -2.30. The molecule has 3 aliphatic rings. The number of likely N-dealkylation sites (tertiary alicyclic amines) is 2. The Balaban J connectivity index is 1.39. The highest BCUT2D eigenvalue weighted by molar-refractivity contribution is 5.84. The maximum Gasteiger partial charge on any atom is 0.453 e. The smallest absolute Gasteiger partial charge is 0.379 e. The summed E-state index contributed by atoms with van der Waals surface area (Å²) in [6.45, 7) is 3.35. The molecule has 1 N–H and O–H groups in total. The first-order valence-corrected chi connectivity index (χ1v) is 9.20. The third-order valence-electron chi connectivity index (χ3n) is 5.50. The second-order valence-corrected chi connectivity index (χ2v) is 7.23. The van der Waals surface area contributed by atoms with E-state index in [-0.39, 0.29) is 49.2 Å². The van der Waals surface area contributed by atoms with Crippen LogP contribution in [0.3, 0.4) is 0 Å². The first-order chi connectivity index (χ1) is 13.3. The number of aromatic nitrogens is 3. The molecule has 0 aliphatic carbocycles. The Labute approximate surface area is 158 Å². The summed E-state index contributed by atoms with van der Waals surface area (Å²) < 4.78 is 43.3. The Kier molecular flexibility index (Phi) is 5.00. The van der Waals surface area contributed by atoms with E-state index in [0.717, 1.165) is 0 Å². The Morgan fingerprint density at radius 3 is 2.64 bits per heavy atom. The summed E-state index contributed by atoms with van der Waals surface area (Å²) in [7, 11) is 0. The first kappa shape index (κ1) is 19.1. The number of amides is 2.